The lowest BCUT2D eigenvalue weighted by Gasteiger charge is -2.21. The van der Waals surface area contributed by atoms with Gasteiger partial charge in [-0.1, -0.05) is 6.08 Å². The Bertz CT molecular complexity index is 1200. The second-order valence-electron chi connectivity index (χ2n) is 7.23. The molecule has 0 spiro atoms. The van der Waals surface area contributed by atoms with Crippen molar-refractivity contribution in [2.75, 3.05) is 11.9 Å². The van der Waals surface area contributed by atoms with Gasteiger partial charge in [-0.05, 0) is 31.5 Å². The molecule has 0 bridgehead atoms. The fourth-order valence-corrected chi connectivity index (χ4v) is 3.72. The monoisotopic (exact) mass is 462 g/mol. The molecule has 2 N–H and O–H groups in total. The van der Waals surface area contributed by atoms with Gasteiger partial charge in [-0.15, -0.1) is 6.58 Å². The Labute approximate surface area is 185 Å². The number of benzene rings is 1. The minimum absolute atomic E-state index is 0.111. The van der Waals surface area contributed by atoms with Gasteiger partial charge in [0.25, 0.3) is 15.9 Å². The quantitative estimate of drug-likeness (QED) is 0.412. The first kappa shape index (κ1) is 24.8. The number of sulfonamides is 1. The van der Waals surface area contributed by atoms with E-state index in [9.17, 15) is 22.7 Å². The summed E-state index contributed by atoms with van der Waals surface area (Å²) >= 11 is 0. The van der Waals surface area contributed by atoms with Crippen LogP contribution in [0.4, 0.5) is 10.1 Å². The summed E-state index contributed by atoms with van der Waals surface area (Å²) in [6, 6.07) is 5.10. The molecule has 1 amide bonds. The van der Waals surface area contributed by atoms with Crippen molar-refractivity contribution >= 4 is 28.3 Å². The molecule has 0 unspecified atom stereocenters. The molecule has 1 aromatic heterocycles. The van der Waals surface area contributed by atoms with Crippen LogP contribution in [-0.4, -0.2) is 42.9 Å². The number of halogens is 1. The summed E-state index contributed by atoms with van der Waals surface area (Å²) in [4.78, 5) is 12.6. The van der Waals surface area contributed by atoms with E-state index in [-0.39, 0.29) is 47.0 Å². The van der Waals surface area contributed by atoms with Crippen LogP contribution in [0, 0.1) is 17.1 Å². The number of hydrogen-bond acceptors (Lipinski definition) is 6. The van der Waals surface area contributed by atoms with Gasteiger partial charge in [0.05, 0.1) is 17.8 Å². The standard InChI is InChI=1S/C21H23FN4O5S/c1-5-8-21(2,28)9-10-31-19-17(32(29,30)24-3)13-26(4)18(19)20(27)25-15-6-7-16(22)14(11-15)12-23/h5-7,11,13,28H,1,3,8-10H2,2,4H3,(H,25,27)/t21-/m1/s1. The number of aliphatic hydroxyl groups is 1. The number of amides is 1. The van der Waals surface area contributed by atoms with Crippen LogP contribution in [0.3, 0.4) is 0 Å². The van der Waals surface area contributed by atoms with Crippen molar-refractivity contribution in [1.82, 2.24) is 4.57 Å². The number of nitrogens with zero attached hydrogens (tertiary/aromatic N) is 3. The number of ether oxygens (including phenoxy) is 1. The maximum atomic E-state index is 13.6. The molecule has 11 heteroatoms. The summed E-state index contributed by atoms with van der Waals surface area (Å²) in [6.07, 6.45) is 3.10. The Kier molecular flexibility index (Phi) is 7.56. The molecule has 0 saturated carbocycles. The molecule has 0 radical (unpaired) electrons. The molecule has 9 nitrogen and oxygen atoms in total. The zero-order valence-electron chi connectivity index (χ0n) is 17.6. The summed E-state index contributed by atoms with van der Waals surface area (Å²) in [5.41, 5.74) is -1.44. The van der Waals surface area contributed by atoms with Crippen LogP contribution in [0.2, 0.25) is 0 Å². The number of nitrogens with one attached hydrogen (secondary N) is 1. The van der Waals surface area contributed by atoms with E-state index in [0.717, 1.165) is 18.3 Å². The Balaban J connectivity index is 2.43. The minimum atomic E-state index is -4.21. The van der Waals surface area contributed by atoms with Crippen molar-refractivity contribution in [3.05, 3.63) is 54.1 Å². The van der Waals surface area contributed by atoms with Gasteiger partial charge in [-0.2, -0.15) is 18.1 Å². The number of rotatable bonds is 10. The third-order valence-corrected chi connectivity index (χ3v) is 5.77. The molecule has 2 aromatic rings. The van der Waals surface area contributed by atoms with Crippen LogP contribution in [0.1, 0.15) is 35.8 Å². The van der Waals surface area contributed by atoms with E-state index in [1.165, 1.54) is 23.8 Å². The summed E-state index contributed by atoms with van der Waals surface area (Å²) in [6.45, 7) is 8.08. The van der Waals surface area contributed by atoms with Crippen molar-refractivity contribution in [2.45, 2.75) is 30.3 Å². The predicted octanol–water partition coefficient (Wildman–Crippen LogP) is 2.77. The third-order valence-electron chi connectivity index (χ3n) is 4.58. The Morgan fingerprint density at radius 2 is 2.19 bits per heavy atom. The van der Waals surface area contributed by atoms with Gasteiger partial charge in [0.15, 0.2) is 11.4 Å². The van der Waals surface area contributed by atoms with Crippen molar-refractivity contribution < 1.29 is 27.4 Å². The smallest absolute Gasteiger partial charge is 0.286 e. The molecule has 1 aromatic carbocycles. The average Bonchev–Trinajstić information content (AvgIpc) is 3.06. The molecule has 0 fully saturated rings. The van der Waals surface area contributed by atoms with E-state index in [4.69, 9.17) is 10.00 Å². The minimum Gasteiger partial charge on any atom is -0.490 e. The maximum Gasteiger partial charge on any atom is 0.286 e. The molecule has 0 saturated heterocycles. The van der Waals surface area contributed by atoms with E-state index in [2.05, 4.69) is 23.0 Å². The average molecular weight is 463 g/mol. The second-order valence-corrected chi connectivity index (χ2v) is 8.88. The fourth-order valence-electron chi connectivity index (χ4n) is 2.90. The normalized spacial score (nSPS) is 13.0. The van der Waals surface area contributed by atoms with Crippen LogP contribution in [0.25, 0.3) is 0 Å². The highest BCUT2D eigenvalue weighted by atomic mass is 32.2. The van der Waals surface area contributed by atoms with Gasteiger partial charge in [-0.25, -0.2) is 4.39 Å². The number of carbonyl (C=O) groups excluding carboxylic acids is 1. The number of hydrogen-bond donors (Lipinski definition) is 2. The van der Waals surface area contributed by atoms with Crippen LogP contribution >= 0.6 is 0 Å². The summed E-state index contributed by atoms with van der Waals surface area (Å²) < 4.78 is 48.3. The van der Waals surface area contributed by atoms with Gasteiger partial charge in [-0.3, -0.25) is 4.79 Å². The lowest BCUT2D eigenvalue weighted by atomic mass is 9.99. The first-order chi connectivity index (χ1) is 15.0. The van der Waals surface area contributed by atoms with E-state index in [1.807, 2.05) is 0 Å². The summed E-state index contributed by atoms with van der Waals surface area (Å²) in [7, 11) is -2.78. The fraction of sp³-hybridized carbons (Fsp3) is 0.286. The molecule has 2 rings (SSSR count). The van der Waals surface area contributed by atoms with Crippen LogP contribution in [-0.2, 0) is 17.1 Å². The maximum absolute atomic E-state index is 13.6. The largest absolute Gasteiger partial charge is 0.490 e. The van der Waals surface area contributed by atoms with Gasteiger partial charge in [0.1, 0.15) is 16.8 Å². The summed E-state index contributed by atoms with van der Waals surface area (Å²) in [5, 5.41) is 21.7. The number of aromatic nitrogens is 1. The highest BCUT2D eigenvalue weighted by Crippen LogP contribution is 2.32. The predicted molar refractivity (Wildman–Crippen MR) is 117 cm³/mol. The number of aryl methyl sites for hydroxylation is 1. The zero-order chi connectivity index (χ0) is 24.1. The van der Waals surface area contributed by atoms with Gasteiger partial charge >= 0.3 is 0 Å². The molecular formula is C21H23FN4O5S. The molecule has 170 valence electrons. The van der Waals surface area contributed by atoms with Gasteiger partial charge < -0.3 is 19.7 Å². The van der Waals surface area contributed by atoms with E-state index in [1.54, 1.807) is 13.0 Å². The molecule has 0 aliphatic carbocycles. The van der Waals surface area contributed by atoms with Crippen LogP contribution in [0.5, 0.6) is 5.75 Å². The topological polar surface area (TPSA) is 134 Å². The number of carbonyl (C=O) groups is 1. The number of anilines is 1. The third kappa shape index (κ3) is 5.60. The highest BCUT2D eigenvalue weighted by molar-refractivity contribution is 7.90. The van der Waals surface area contributed by atoms with Crippen molar-refractivity contribution in [3.63, 3.8) is 0 Å². The molecule has 1 heterocycles. The SMILES string of the molecule is C=CC[C@@](C)(O)CCOc1c(S(=O)(=O)N=C)cn(C)c1C(=O)Nc1ccc(F)c(C#N)c1. The van der Waals surface area contributed by atoms with Gasteiger partial charge in [0, 0.05) is 32.1 Å². The molecule has 0 aliphatic rings. The zero-order valence-corrected chi connectivity index (χ0v) is 18.4. The first-order valence-corrected chi connectivity index (χ1v) is 10.8. The van der Waals surface area contributed by atoms with Crippen LogP contribution < -0.4 is 10.1 Å². The van der Waals surface area contributed by atoms with Crippen molar-refractivity contribution in [2.24, 2.45) is 11.4 Å². The molecule has 1 atom stereocenters. The van der Waals surface area contributed by atoms with Gasteiger partial charge in [0.2, 0.25) is 0 Å². The lowest BCUT2D eigenvalue weighted by molar-refractivity contribution is 0.0394. The Morgan fingerprint density at radius 1 is 1.50 bits per heavy atom. The van der Waals surface area contributed by atoms with E-state index < -0.39 is 27.3 Å². The molecule has 0 aliphatic heterocycles. The van der Waals surface area contributed by atoms with Crippen molar-refractivity contribution in [3.8, 4) is 11.8 Å². The molecular weight excluding hydrogens is 439 g/mol. The second kappa shape index (κ2) is 9.76. The molecule has 32 heavy (non-hydrogen) atoms. The summed E-state index contributed by atoms with van der Waals surface area (Å²) in [5.74, 6) is -1.78. The Hall–Kier alpha value is -3.49. The number of nitriles is 1. The first-order valence-electron chi connectivity index (χ1n) is 9.35. The lowest BCUT2D eigenvalue weighted by Crippen LogP contribution is -2.26. The van der Waals surface area contributed by atoms with E-state index in [0.29, 0.717) is 0 Å². The van der Waals surface area contributed by atoms with E-state index >= 15 is 0 Å². The van der Waals surface area contributed by atoms with Crippen molar-refractivity contribution in [1.29, 1.82) is 5.26 Å². The van der Waals surface area contributed by atoms with Crippen LogP contribution in [0.15, 0.2) is 46.3 Å². The Morgan fingerprint density at radius 3 is 2.78 bits per heavy atom. The highest BCUT2D eigenvalue weighted by Gasteiger charge is 2.30.